The summed E-state index contributed by atoms with van der Waals surface area (Å²) < 4.78 is 0. The van der Waals surface area contributed by atoms with Gasteiger partial charge in [0, 0.05) is 25.2 Å². The molecule has 1 aromatic heterocycles. The first kappa shape index (κ1) is 8.81. The van der Waals surface area contributed by atoms with Crippen molar-refractivity contribution < 1.29 is 4.79 Å². The Morgan fingerprint density at radius 3 is 3.07 bits per heavy atom. The molecule has 1 amide bonds. The Kier molecular flexibility index (Phi) is 2.23. The number of carbonyl (C=O) groups is 1. The molecule has 0 spiro atoms. The highest BCUT2D eigenvalue weighted by Crippen LogP contribution is 2.13. The topological polar surface area (TPSA) is 44.9 Å². The van der Waals surface area contributed by atoms with Crippen LogP contribution in [0.2, 0.25) is 0 Å². The third kappa shape index (κ3) is 1.76. The van der Waals surface area contributed by atoms with Crippen LogP contribution in [0.15, 0.2) is 30.5 Å². The Bertz CT molecular complexity index is 459. The molecule has 0 atom stereocenters. The summed E-state index contributed by atoms with van der Waals surface area (Å²) in [6, 6.07) is 8.12. The Labute approximate surface area is 82.1 Å². The first-order chi connectivity index (χ1) is 6.75. The molecule has 0 aliphatic carbocycles. The zero-order valence-corrected chi connectivity index (χ0v) is 8.00. The lowest BCUT2D eigenvalue weighted by Gasteiger charge is -2.02. The molecule has 0 radical (unpaired) electrons. The van der Waals surface area contributed by atoms with Crippen LogP contribution in [0.1, 0.15) is 12.5 Å². The van der Waals surface area contributed by atoms with Crippen LogP contribution in [-0.2, 0) is 11.3 Å². The molecule has 0 saturated heterocycles. The maximum atomic E-state index is 10.7. The van der Waals surface area contributed by atoms with E-state index in [-0.39, 0.29) is 5.91 Å². The molecule has 0 unspecified atom stereocenters. The minimum absolute atomic E-state index is 0.000773. The lowest BCUT2D eigenvalue weighted by Crippen LogP contribution is -2.18. The van der Waals surface area contributed by atoms with Gasteiger partial charge < -0.3 is 10.3 Å². The van der Waals surface area contributed by atoms with Crippen LogP contribution in [0.5, 0.6) is 0 Å². The van der Waals surface area contributed by atoms with E-state index < -0.39 is 0 Å². The molecule has 0 aliphatic rings. The van der Waals surface area contributed by atoms with Crippen LogP contribution in [0.4, 0.5) is 0 Å². The highest BCUT2D eigenvalue weighted by Gasteiger charge is 1.97. The van der Waals surface area contributed by atoms with Gasteiger partial charge in [-0.15, -0.1) is 0 Å². The third-order valence-electron chi connectivity index (χ3n) is 2.16. The summed E-state index contributed by atoms with van der Waals surface area (Å²) in [5.41, 5.74) is 2.24. The van der Waals surface area contributed by atoms with Crippen LogP contribution in [0.25, 0.3) is 10.9 Å². The molecule has 0 fully saturated rings. The number of hydrogen-bond donors (Lipinski definition) is 2. The molecule has 1 heterocycles. The van der Waals surface area contributed by atoms with E-state index in [1.54, 1.807) is 0 Å². The third-order valence-corrected chi connectivity index (χ3v) is 2.16. The summed E-state index contributed by atoms with van der Waals surface area (Å²) in [6.07, 6.45) is 1.91. The number of aromatic amines is 1. The molecule has 2 aromatic rings. The Morgan fingerprint density at radius 1 is 1.43 bits per heavy atom. The number of carbonyl (C=O) groups excluding carboxylic acids is 1. The number of nitrogens with one attached hydrogen (secondary N) is 2. The SMILES string of the molecule is CC(=O)NCc1ccc2[nH]ccc2c1. The van der Waals surface area contributed by atoms with Gasteiger partial charge in [-0.3, -0.25) is 4.79 Å². The fourth-order valence-electron chi connectivity index (χ4n) is 1.44. The normalized spacial score (nSPS) is 10.4. The van der Waals surface area contributed by atoms with Crippen molar-refractivity contribution in [1.82, 2.24) is 10.3 Å². The van der Waals surface area contributed by atoms with Gasteiger partial charge in [-0.05, 0) is 29.1 Å². The molecule has 1 aromatic carbocycles. The van der Waals surface area contributed by atoms with Gasteiger partial charge in [0.05, 0.1) is 0 Å². The maximum absolute atomic E-state index is 10.7. The molecule has 0 bridgehead atoms. The Balaban J connectivity index is 2.21. The Morgan fingerprint density at radius 2 is 2.29 bits per heavy atom. The Hall–Kier alpha value is -1.77. The monoisotopic (exact) mass is 188 g/mol. The molecule has 2 rings (SSSR count). The molecular weight excluding hydrogens is 176 g/mol. The van der Waals surface area contributed by atoms with Crippen LogP contribution < -0.4 is 5.32 Å². The first-order valence-corrected chi connectivity index (χ1v) is 4.56. The van der Waals surface area contributed by atoms with Crippen molar-refractivity contribution in [3.05, 3.63) is 36.0 Å². The van der Waals surface area contributed by atoms with E-state index in [0.29, 0.717) is 6.54 Å². The largest absolute Gasteiger partial charge is 0.361 e. The maximum Gasteiger partial charge on any atom is 0.217 e. The number of amides is 1. The summed E-state index contributed by atoms with van der Waals surface area (Å²) in [5, 5.41) is 3.94. The summed E-state index contributed by atoms with van der Waals surface area (Å²) >= 11 is 0. The lowest BCUT2D eigenvalue weighted by atomic mass is 10.1. The van der Waals surface area contributed by atoms with Gasteiger partial charge in [-0.2, -0.15) is 0 Å². The number of fused-ring (bicyclic) bond motifs is 1. The predicted octanol–water partition coefficient (Wildman–Crippen LogP) is 1.80. The van der Waals surface area contributed by atoms with E-state index in [4.69, 9.17) is 0 Å². The van der Waals surface area contributed by atoms with Crippen LogP contribution in [0, 0.1) is 0 Å². The molecule has 3 heteroatoms. The van der Waals surface area contributed by atoms with Crippen LogP contribution >= 0.6 is 0 Å². The van der Waals surface area contributed by atoms with Crippen LogP contribution in [0.3, 0.4) is 0 Å². The number of aromatic nitrogens is 1. The van der Waals surface area contributed by atoms with Gasteiger partial charge in [-0.25, -0.2) is 0 Å². The number of rotatable bonds is 2. The van der Waals surface area contributed by atoms with E-state index in [1.807, 2.05) is 24.4 Å². The van der Waals surface area contributed by atoms with E-state index in [1.165, 1.54) is 12.3 Å². The van der Waals surface area contributed by atoms with Crippen molar-refractivity contribution in [3.63, 3.8) is 0 Å². The average molecular weight is 188 g/mol. The second-order valence-corrected chi connectivity index (χ2v) is 3.31. The zero-order chi connectivity index (χ0) is 9.97. The second-order valence-electron chi connectivity index (χ2n) is 3.31. The molecule has 0 saturated carbocycles. The summed E-state index contributed by atoms with van der Waals surface area (Å²) in [5.74, 6) is -0.000773. The van der Waals surface area contributed by atoms with E-state index in [2.05, 4.69) is 16.4 Å². The van der Waals surface area contributed by atoms with Gasteiger partial charge in [0.15, 0.2) is 0 Å². The van der Waals surface area contributed by atoms with E-state index >= 15 is 0 Å². The minimum atomic E-state index is -0.000773. The minimum Gasteiger partial charge on any atom is -0.361 e. The van der Waals surface area contributed by atoms with E-state index in [9.17, 15) is 4.79 Å². The second kappa shape index (κ2) is 3.54. The van der Waals surface area contributed by atoms with Crippen molar-refractivity contribution in [3.8, 4) is 0 Å². The summed E-state index contributed by atoms with van der Waals surface area (Å²) in [6.45, 7) is 2.12. The van der Waals surface area contributed by atoms with Crippen LogP contribution in [-0.4, -0.2) is 10.9 Å². The van der Waals surface area contributed by atoms with Crippen molar-refractivity contribution in [1.29, 1.82) is 0 Å². The molecule has 2 N–H and O–H groups in total. The van der Waals surface area contributed by atoms with Gasteiger partial charge in [0.25, 0.3) is 0 Å². The van der Waals surface area contributed by atoms with Gasteiger partial charge in [0.1, 0.15) is 0 Å². The van der Waals surface area contributed by atoms with Crippen molar-refractivity contribution in [2.75, 3.05) is 0 Å². The molecule has 14 heavy (non-hydrogen) atoms. The molecule has 3 nitrogen and oxygen atoms in total. The predicted molar refractivity (Wildman–Crippen MR) is 55.8 cm³/mol. The number of H-pyrrole nitrogens is 1. The lowest BCUT2D eigenvalue weighted by molar-refractivity contribution is -0.119. The standard InChI is InChI=1S/C11H12N2O/c1-8(14)13-7-9-2-3-11-10(6-9)4-5-12-11/h2-6,12H,7H2,1H3,(H,13,14). The van der Waals surface area contributed by atoms with Crippen molar-refractivity contribution >= 4 is 16.8 Å². The smallest absolute Gasteiger partial charge is 0.217 e. The first-order valence-electron chi connectivity index (χ1n) is 4.56. The summed E-state index contributed by atoms with van der Waals surface area (Å²) in [7, 11) is 0. The highest BCUT2D eigenvalue weighted by atomic mass is 16.1. The van der Waals surface area contributed by atoms with Crippen molar-refractivity contribution in [2.24, 2.45) is 0 Å². The molecule has 72 valence electrons. The quantitative estimate of drug-likeness (QED) is 0.741. The summed E-state index contributed by atoms with van der Waals surface area (Å²) in [4.78, 5) is 13.8. The van der Waals surface area contributed by atoms with Gasteiger partial charge in [0.2, 0.25) is 5.91 Å². The van der Waals surface area contributed by atoms with Gasteiger partial charge in [-0.1, -0.05) is 6.07 Å². The molecular formula is C11H12N2O. The number of benzene rings is 1. The van der Waals surface area contributed by atoms with E-state index in [0.717, 1.165) is 11.1 Å². The fourth-order valence-corrected chi connectivity index (χ4v) is 1.44. The van der Waals surface area contributed by atoms with Gasteiger partial charge >= 0.3 is 0 Å². The average Bonchev–Trinajstić information content (AvgIpc) is 2.61. The zero-order valence-electron chi connectivity index (χ0n) is 8.00. The highest BCUT2D eigenvalue weighted by molar-refractivity contribution is 5.80. The van der Waals surface area contributed by atoms with Crippen molar-refractivity contribution in [2.45, 2.75) is 13.5 Å². The number of hydrogen-bond acceptors (Lipinski definition) is 1. The molecule has 0 aliphatic heterocycles. The fraction of sp³-hybridized carbons (Fsp3) is 0.182.